The highest BCUT2D eigenvalue weighted by Crippen LogP contribution is 2.45. The zero-order chi connectivity index (χ0) is 30.5. The van der Waals surface area contributed by atoms with Gasteiger partial charge in [0.05, 0.1) is 35.5 Å². The molecule has 43 heavy (non-hydrogen) atoms. The van der Waals surface area contributed by atoms with Crippen molar-refractivity contribution in [2.45, 2.75) is 25.6 Å². The topological polar surface area (TPSA) is 121 Å². The summed E-state index contributed by atoms with van der Waals surface area (Å²) in [5.41, 5.74) is 2.32. The first-order valence-electron chi connectivity index (χ1n) is 13.3. The third kappa shape index (κ3) is 6.81. The maximum atomic E-state index is 13.7. The first-order chi connectivity index (χ1) is 20.8. The van der Waals surface area contributed by atoms with Crippen molar-refractivity contribution >= 4 is 35.1 Å². The Morgan fingerprint density at radius 2 is 1.51 bits per heavy atom. The molecule has 0 unspecified atom stereocenters. The summed E-state index contributed by atoms with van der Waals surface area (Å²) in [5.74, 6) is -0.238. The zero-order valence-electron chi connectivity index (χ0n) is 23.3. The van der Waals surface area contributed by atoms with Gasteiger partial charge in [0.2, 0.25) is 5.76 Å². The molecule has 4 aromatic rings. The minimum atomic E-state index is -1.21. The fourth-order valence-electron chi connectivity index (χ4n) is 4.70. The van der Waals surface area contributed by atoms with Gasteiger partial charge in [-0.25, -0.2) is 4.79 Å². The van der Waals surface area contributed by atoms with Gasteiger partial charge in [-0.1, -0.05) is 52.6 Å². The minimum Gasteiger partial charge on any atom is -0.497 e. The van der Waals surface area contributed by atoms with E-state index in [1.807, 2.05) is 48.5 Å². The van der Waals surface area contributed by atoms with Gasteiger partial charge in [-0.2, -0.15) is 0 Å². The number of carbonyl (C=O) groups is 2. The van der Waals surface area contributed by atoms with Crippen LogP contribution in [0.3, 0.4) is 0 Å². The maximum absolute atomic E-state index is 13.7. The van der Waals surface area contributed by atoms with Crippen LogP contribution in [0.2, 0.25) is 10.0 Å². The number of carbonyl (C=O) groups excluding carboxylic acids is 1. The van der Waals surface area contributed by atoms with E-state index in [4.69, 9.17) is 51.8 Å². The lowest BCUT2D eigenvalue weighted by molar-refractivity contribution is 0.0651. The summed E-state index contributed by atoms with van der Waals surface area (Å²) in [6.45, 7) is 0.997. The van der Waals surface area contributed by atoms with E-state index >= 15 is 0 Å². The summed E-state index contributed by atoms with van der Waals surface area (Å²) in [7, 11) is 3.18. The second-order valence-corrected chi connectivity index (χ2v) is 10.6. The number of halogens is 2. The van der Waals surface area contributed by atoms with Crippen molar-refractivity contribution in [2.75, 3.05) is 27.3 Å². The monoisotopic (exact) mass is 626 g/mol. The second kappa shape index (κ2) is 13.3. The van der Waals surface area contributed by atoms with E-state index in [0.29, 0.717) is 36.7 Å². The average Bonchev–Trinajstić information content (AvgIpc) is 3.72. The Morgan fingerprint density at radius 1 is 0.930 bits per heavy atom. The Bertz CT molecular complexity index is 1610. The predicted octanol–water partition coefficient (Wildman–Crippen LogP) is 6.48. The van der Waals surface area contributed by atoms with E-state index < -0.39 is 5.97 Å². The van der Waals surface area contributed by atoms with Gasteiger partial charge >= 0.3 is 5.97 Å². The van der Waals surface area contributed by atoms with Gasteiger partial charge < -0.3 is 33.5 Å². The van der Waals surface area contributed by atoms with Crippen molar-refractivity contribution in [3.8, 4) is 23.0 Å². The van der Waals surface area contributed by atoms with Gasteiger partial charge in [0.1, 0.15) is 24.7 Å². The first-order valence-corrected chi connectivity index (χ1v) is 14.1. The number of likely N-dealkylation sites (tertiary alicyclic amines) is 1. The van der Waals surface area contributed by atoms with Crippen LogP contribution in [0.5, 0.6) is 23.0 Å². The van der Waals surface area contributed by atoms with Crippen molar-refractivity contribution in [3.05, 3.63) is 98.9 Å². The molecule has 0 bridgehead atoms. The molecule has 2 heterocycles. The van der Waals surface area contributed by atoms with Crippen molar-refractivity contribution in [3.63, 3.8) is 0 Å². The first kappa shape index (κ1) is 30.1. The summed E-state index contributed by atoms with van der Waals surface area (Å²) in [6.07, 6.45) is 0.576. The normalized spacial score (nSPS) is 14.4. The van der Waals surface area contributed by atoms with E-state index in [9.17, 15) is 9.59 Å². The number of hydrogen-bond donors (Lipinski definition) is 1. The zero-order valence-corrected chi connectivity index (χ0v) is 24.9. The molecule has 5 rings (SSSR count). The van der Waals surface area contributed by atoms with E-state index in [-0.39, 0.29) is 57.9 Å². The molecule has 1 atom stereocenters. The smallest absolute Gasteiger partial charge is 0.374 e. The highest BCUT2D eigenvalue weighted by molar-refractivity contribution is 6.38. The van der Waals surface area contributed by atoms with Crippen molar-refractivity contribution in [1.29, 1.82) is 0 Å². The van der Waals surface area contributed by atoms with E-state index in [1.54, 1.807) is 19.1 Å². The molecule has 1 aromatic heterocycles. The van der Waals surface area contributed by atoms with Crippen LogP contribution in [0.25, 0.3) is 0 Å². The highest BCUT2D eigenvalue weighted by atomic mass is 35.5. The van der Waals surface area contributed by atoms with Crippen LogP contribution in [-0.4, -0.2) is 54.3 Å². The van der Waals surface area contributed by atoms with Crippen LogP contribution >= 0.6 is 23.2 Å². The Morgan fingerprint density at radius 3 is 2.05 bits per heavy atom. The third-order valence-corrected chi connectivity index (χ3v) is 7.73. The number of carboxylic acids is 1. The van der Waals surface area contributed by atoms with Gasteiger partial charge in [0.25, 0.3) is 5.91 Å². The molecule has 12 heteroatoms. The van der Waals surface area contributed by atoms with E-state index in [1.165, 1.54) is 12.1 Å². The summed E-state index contributed by atoms with van der Waals surface area (Å²) < 4.78 is 27.6. The maximum Gasteiger partial charge on any atom is 0.374 e. The minimum absolute atomic E-state index is 0.0608. The standard InChI is InChI=1S/C31H28Cl2N2O8/c1-39-21-7-3-18(4-8-21)16-41-28-24(32)13-23(27(33)29(28)42-17-19-5-9-22(40-2)10-6-19)30(36)35-12-11-20(15-35)25-14-26(31(37)38)43-34-25/h3-10,13-14,20H,11-12,15-17H2,1-2H3,(H,37,38)/t20-/m1/s1. The van der Waals surface area contributed by atoms with Crippen LogP contribution in [-0.2, 0) is 13.2 Å². The Kier molecular flexibility index (Phi) is 9.27. The molecule has 0 aliphatic carbocycles. The number of rotatable bonds is 11. The van der Waals surface area contributed by atoms with Crippen LogP contribution < -0.4 is 18.9 Å². The number of nitrogens with zero attached hydrogens (tertiary/aromatic N) is 2. The molecule has 3 aromatic carbocycles. The fourth-order valence-corrected chi connectivity index (χ4v) is 5.22. The molecule has 1 aliphatic rings. The number of ether oxygens (including phenoxy) is 4. The Balaban J connectivity index is 1.40. The predicted molar refractivity (Wildman–Crippen MR) is 158 cm³/mol. The molecule has 1 amide bonds. The second-order valence-electron chi connectivity index (χ2n) is 9.81. The lowest BCUT2D eigenvalue weighted by Crippen LogP contribution is -2.29. The number of aromatic carboxylic acids is 1. The summed E-state index contributed by atoms with van der Waals surface area (Å²) in [4.78, 5) is 26.5. The summed E-state index contributed by atoms with van der Waals surface area (Å²) >= 11 is 13.5. The number of carboxylic acid groups (broad SMARTS) is 1. The van der Waals surface area contributed by atoms with Crippen LogP contribution in [0.15, 0.2) is 65.2 Å². The van der Waals surface area contributed by atoms with Gasteiger partial charge in [-0.15, -0.1) is 0 Å². The molecular weight excluding hydrogens is 599 g/mol. The highest BCUT2D eigenvalue weighted by Gasteiger charge is 2.33. The van der Waals surface area contributed by atoms with Crippen molar-refractivity contribution < 1.29 is 38.2 Å². The molecule has 1 N–H and O–H groups in total. The van der Waals surface area contributed by atoms with E-state index in [2.05, 4.69) is 5.16 Å². The summed E-state index contributed by atoms with van der Waals surface area (Å²) in [6, 6.07) is 17.5. The van der Waals surface area contributed by atoms with Gasteiger partial charge in [-0.3, -0.25) is 4.79 Å². The SMILES string of the molecule is COc1ccc(COc2c(Cl)cc(C(=O)N3CC[C@@H](c4cc(C(=O)O)on4)C3)c(Cl)c2OCc2ccc(OC)cc2)cc1. The van der Waals surface area contributed by atoms with Crippen LogP contribution in [0.4, 0.5) is 0 Å². The van der Waals surface area contributed by atoms with Crippen molar-refractivity contribution in [1.82, 2.24) is 10.1 Å². The molecule has 224 valence electrons. The largest absolute Gasteiger partial charge is 0.497 e. The Labute approximate surface area is 257 Å². The van der Waals surface area contributed by atoms with Gasteiger partial charge in [0, 0.05) is 25.1 Å². The number of benzene rings is 3. The van der Waals surface area contributed by atoms with Crippen molar-refractivity contribution in [2.24, 2.45) is 0 Å². The number of methoxy groups -OCH3 is 2. The lowest BCUT2D eigenvalue weighted by atomic mass is 10.1. The lowest BCUT2D eigenvalue weighted by Gasteiger charge is -2.21. The number of aromatic nitrogens is 1. The average molecular weight is 627 g/mol. The Hall–Kier alpha value is -4.41. The molecule has 10 nitrogen and oxygen atoms in total. The quantitative estimate of drug-likeness (QED) is 0.199. The van der Waals surface area contributed by atoms with Gasteiger partial charge in [-0.05, 0) is 47.9 Å². The molecular formula is C31H28Cl2N2O8. The molecule has 0 radical (unpaired) electrons. The third-order valence-electron chi connectivity index (χ3n) is 7.08. The number of hydrogen-bond acceptors (Lipinski definition) is 8. The molecule has 0 spiro atoms. The van der Waals surface area contributed by atoms with E-state index in [0.717, 1.165) is 11.1 Å². The molecule has 1 saturated heterocycles. The van der Waals surface area contributed by atoms with Crippen LogP contribution in [0.1, 0.15) is 50.1 Å². The fraction of sp³-hybridized carbons (Fsp3) is 0.258. The molecule has 0 saturated carbocycles. The summed E-state index contributed by atoms with van der Waals surface area (Å²) in [5, 5.41) is 13.2. The molecule has 1 aliphatic heterocycles. The van der Waals surface area contributed by atoms with Crippen LogP contribution in [0, 0.1) is 0 Å². The molecule has 1 fully saturated rings. The number of amides is 1. The van der Waals surface area contributed by atoms with Gasteiger partial charge in [0.15, 0.2) is 11.5 Å².